The molecule has 0 fully saturated rings. The van der Waals surface area contributed by atoms with Crippen molar-refractivity contribution in [3.05, 3.63) is 36.2 Å². The van der Waals surface area contributed by atoms with E-state index in [9.17, 15) is 0 Å². The van der Waals surface area contributed by atoms with Crippen molar-refractivity contribution in [1.29, 1.82) is 0 Å². The van der Waals surface area contributed by atoms with Crippen molar-refractivity contribution in [3.8, 4) is 0 Å². The molecule has 0 unspecified atom stereocenters. The van der Waals surface area contributed by atoms with Crippen LogP contribution in [-0.2, 0) is 0 Å². The van der Waals surface area contributed by atoms with E-state index in [0.29, 0.717) is 11.5 Å². The second-order valence-electron chi connectivity index (χ2n) is 3.97. The molecule has 0 saturated carbocycles. The number of aromatic nitrogens is 3. The molecule has 0 bridgehead atoms. The summed E-state index contributed by atoms with van der Waals surface area (Å²) in [4.78, 5) is 7.24. The van der Waals surface area contributed by atoms with Crippen LogP contribution in [0.25, 0.3) is 10.9 Å². The summed E-state index contributed by atoms with van der Waals surface area (Å²) in [6.07, 6.45) is 1.89. The number of hydrogen-bond acceptors (Lipinski definition) is 5. The summed E-state index contributed by atoms with van der Waals surface area (Å²) in [6, 6.07) is 7.92. The van der Waals surface area contributed by atoms with Crippen LogP contribution in [0.4, 0.5) is 11.5 Å². The lowest BCUT2D eigenvalue weighted by Gasteiger charge is -2.07. The minimum atomic E-state index is 0.204. The summed E-state index contributed by atoms with van der Waals surface area (Å²) in [7, 11) is 1.64. The lowest BCUT2D eigenvalue weighted by atomic mass is 10.2. The second kappa shape index (κ2) is 4.45. The van der Waals surface area contributed by atoms with Crippen LogP contribution in [0.3, 0.4) is 0 Å². The Hall–Kier alpha value is -2.83. The first kappa shape index (κ1) is 11.3. The SMILES string of the molecule is CN=C(Nc1ccc2[nH]ccc2c1)c1nonc1N. The first-order valence-electron chi connectivity index (χ1n) is 5.67. The fourth-order valence-corrected chi connectivity index (χ4v) is 1.85. The third kappa shape index (κ3) is 2.01. The zero-order chi connectivity index (χ0) is 13.2. The molecule has 0 aliphatic heterocycles. The number of benzene rings is 1. The highest BCUT2D eigenvalue weighted by molar-refractivity contribution is 6.09. The first-order valence-corrected chi connectivity index (χ1v) is 5.67. The molecule has 2 aromatic heterocycles. The number of aliphatic imine (C=N–C) groups is 1. The lowest BCUT2D eigenvalue weighted by molar-refractivity contribution is 0.308. The molecule has 0 spiro atoms. The number of rotatable bonds is 2. The van der Waals surface area contributed by atoms with Crippen LogP contribution < -0.4 is 11.1 Å². The van der Waals surface area contributed by atoms with Gasteiger partial charge in [0, 0.05) is 29.8 Å². The van der Waals surface area contributed by atoms with E-state index in [0.717, 1.165) is 16.6 Å². The summed E-state index contributed by atoms with van der Waals surface area (Å²) < 4.78 is 4.57. The van der Waals surface area contributed by atoms with Crippen molar-refractivity contribution < 1.29 is 4.63 Å². The summed E-state index contributed by atoms with van der Waals surface area (Å²) in [5.41, 5.74) is 8.01. The Morgan fingerprint density at radius 2 is 2.26 bits per heavy atom. The molecule has 0 radical (unpaired) electrons. The van der Waals surface area contributed by atoms with Gasteiger partial charge >= 0.3 is 0 Å². The zero-order valence-corrected chi connectivity index (χ0v) is 10.2. The van der Waals surface area contributed by atoms with Gasteiger partial charge in [0.25, 0.3) is 0 Å². The van der Waals surface area contributed by atoms with E-state index in [2.05, 4.69) is 30.2 Å². The summed E-state index contributed by atoms with van der Waals surface area (Å²) in [6.45, 7) is 0. The lowest BCUT2D eigenvalue weighted by Crippen LogP contribution is -2.15. The van der Waals surface area contributed by atoms with Gasteiger partial charge < -0.3 is 16.0 Å². The Balaban J connectivity index is 1.93. The molecule has 0 aliphatic carbocycles. The van der Waals surface area contributed by atoms with Crippen LogP contribution in [0.15, 0.2) is 40.1 Å². The van der Waals surface area contributed by atoms with Crippen molar-refractivity contribution in [2.24, 2.45) is 4.99 Å². The van der Waals surface area contributed by atoms with E-state index in [1.54, 1.807) is 7.05 Å². The van der Waals surface area contributed by atoms with E-state index < -0.39 is 0 Å². The highest BCUT2D eigenvalue weighted by Gasteiger charge is 2.13. The average molecular weight is 256 g/mol. The molecule has 4 N–H and O–H groups in total. The molecule has 96 valence electrons. The van der Waals surface area contributed by atoms with E-state index in [4.69, 9.17) is 5.73 Å². The quantitative estimate of drug-likeness (QED) is 0.477. The number of nitrogen functional groups attached to an aromatic ring is 1. The molecular formula is C12H12N6O. The van der Waals surface area contributed by atoms with Crippen molar-refractivity contribution in [2.75, 3.05) is 18.1 Å². The predicted octanol–water partition coefficient (Wildman–Crippen LogP) is 1.62. The van der Waals surface area contributed by atoms with Crippen molar-refractivity contribution in [1.82, 2.24) is 15.3 Å². The topological polar surface area (TPSA) is 105 Å². The maximum Gasteiger partial charge on any atom is 0.199 e. The summed E-state index contributed by atoms with van der Waals surface area (Å²) >= 11 is 0. The Kier molecular flexibility index (Phi) is 2.64. The fraction of sp³-hybridized carbons (Fsp3) is 0.0833. The zero-order valence-electron chi connectivity index (χ0n) is 10.2. The first-order chi connectivity index (χ1) is 9.28. The Morgan fingerprint density at radius 1 is 1.37 bits per heavy atom. The fourth-order valence-electron chi connectivity index (χ4n) is 1.85. The minimum absolute atomic E-state index is 0.204. The average Bonchev–Trinajstić information content (AvgIpc) is 3.04. The molecule has 0 aliphatic rings. The normalized spacial score (nSPS) is 11.9. The van der Waals surface area contributed by atoms with Gasteiger partial charge in [0.1, 0.15) is 0 Å². The van der Waals surface area contributed by atoms with Gasteiger partial charge in [0.2, 0.25) is 0 Å². The molecule has 7 nitrogen and oxygen atoms in total. The third-order valence-corrected chi connectivity index (χ3v) is 2.78. The van der Waals surface area contributed by atoms with Gasteiger partial charge in [-0.3, -0.25) is 4.99 Å². The molecule has 0 atom stereocenters. The van der Waals surface area contributed by atoms with Crippen LogP contribution in [0.5, 0.6) is 0 Å². The van der Waals surface area contributed by atoms with Crippen LogP contribution in [0.1, 0.15) is 5.69 Å². The van der Waals surface area contributed by atoms with Gasteiger partial charge in [-0.2, -0.15) is 0 Å². The predicted molar refractivity (Wildman–Crippen MR) is 73.1 cm³/mol. The van der Waals surface area contributed by atoms with E-state index in [-0.39, 0.29) is 5.82 Å². The number of fused-ring (bicyclic) bond motifs is 1. The van der Waals surface area contributed by atoms with Gasteiger partial charge in [-0.05, 0) is 34.6 Å². The highest BCUT2D eigenvalue weighted by Crippen LogP contribution is 2.19. The van der Waals surface area contributed by atoms with Gasteiger partial charge in [-0.1, -0.05) is 0 Å². The van der Waals surface area contributed by atoms with Crippen LogP contribution >= 0.6 is 0 Å². The number of aromatic amines is 1. The van der Waals surface area contributed by atoms with E-state index >= 15 is 0 Å². The largest absolute Gasteiger partial charge is 0.379 e. The standard InChI is InChI=1S/C12H12N6O/c1-14-12(10-11(13)18-19-17-10)16-8-2-3-9-7(6-8)4-5-15-9/h2-6,15H,1H3,(H2,13,18)(H,14,16). The van der Waals surface area contributed by atoms with Crippen molar-refractivity contribution in [3.63, 3.8) is 0 Å². The molecule has 19 heavy (non-hydrogen) atoms. The number of H-pyrrole nitrogens is 1. The molecule has 2 heterocycles. The molecular weight excluding hydrogens is 244 g/mol. The van der Waals surface area contributed by atoms with Crippen molar-refractivity contribution in [2.45, 2.75) is 0 Å². The number of nitrogens with zero attached hydrogens (tertiary/aromatic N) is 3. The minimum Gasteiger partial charge on any atom is -0.379 e. The molecule has 0 amide bonds. The summed E-state index contributed by atoms with van der Waals surface area (Å²) in [5, 5.41) is 11.5. The molecule has 3 rings (SSSR count). The second-order valence-corrected chi connectivity index (χ2v) is 3.97. The van der Waals surface area contributed by atoms with Crippen LogP contribution in [0, 0.1) is 0 Å². The van der Waals surface area contributed by atoms with Gasteiger partial charge in [0.15, 0.2) is 17.3 Å². The molecule has 1 aromatic carbocycles. The van der Waals surface area contributed by atoms with Gasteiger partial charge in [-0.25, -0.2) is 4.63 Å². The number of amidine groups is 1. The number of hydrogen-bond donors (Lipinski definition) is 3. The Morgan fingerprint density at radius 3 is 3.00 bits per heavy atom. The highest BCUT2D eigenvalue weighted by atomic mass is 16.6. The molecule has 7 heteroatoms. The molecule has 0 saturated heterocycles. The van der Waals surface area contributed by atoms with E-state index in [1.165, 1.54) is 0 Å². The number of nitrogens with one attached hydrogen (secondary N) is 2. The maximum absolute atomic E-state index is 5.65. The van der Waals surface area contributed by atoms with Gasteiger partial charge in [-0.15, -0.1) is 0 Å². The maximum atomic E-state index is 5.65. The number of nitrogens with two attached hydrogens (primary N) is 1. The Labute approximate surface area is 108 Å². The van der Waals surface area contributed by atoms with Crippen molar-refractivity contribution >= 4 is 28.2 Å². The third-order valence-electron chi connectivity index (χ3n) is 2.78. The van der Waals surface area contributed by atoms with E-state index in [1.807, 2.05) is 30.5 Å². The van der Waals surface area contributed by atoms with Gasteiger partial charge in [0.05, 0.1) is 0 Å². The monoisotopic (exact) mass is 256 g/mol. The van der Waals surface area contributed by atoms with Crippen LogP contribution in [-0.4, -0.2) is 28.2 Å². The smallest absolute Gasteiger partial charge is 0.199 e. The Bertz CT molecular complexity index is 741. The van der Waals surface area contributed by atoms with Crippen LogP contribution in [0.2, 0.25) is 0 Å². The molecule has 3 aromatic rings. The number of anilines is 2. The summed E-state index contributed by atoms with van der Waals surface area (Å²) in [5.74, 6) is 0.712.